The molecule has 10 heteroatoms. The number of sulfone groups is 1. The lowest BCUT2D eigenvalue weighted by Crippen LogP contribution is -2.17. The van der Waals surface area contributed by atoms with Crippen molar-refractivity contribution in [2.75, 3.05) is 18.2 Å². The Kier molecular flexibility index (Phi) is 6.38. The number of aromatic nitrogens is 1. The van der Waals surface area contributed by atoms with Gasteiger partial charge in [0, 0.05) is 24.0 Å². The zero-order valence-corrected chi connectivity index (χ0v) is 17.0. The third-order valence-corrected chi connectivity index (χ3v) is 5.03. The van der Waals surface area contributed by atoms with Crippen LogP contribution in [0.4, 0.5) is 5.82 Å². The van der Waals surface area contributed by atoms with E-state index in [2.05, 4.69) is 10.5 Å². The Labute approximate surface area is 173 Å². The van der Waals surface area contributed by atoms with Gasteiger partial charge in [0.25, 0.3) is 5.91 Å². The fraction of sp³-hybridized carbons (Fsp3) is 0.200. The van der Waals surface area contributed by atoms with E-state index in [1.807, 2.05) is 0 Å². The maximum atomic E-state index is 12.6. The van der Waals surface area contributed by atoms with E-state index in [1.54, 1.807) is 13.0 Å². The van der Waals surface area contributed by atoms with Gasteiger partial charge in [-0.25, -0.2) is 8.42 Å². The van der Waals surface area contributed by atoms with Crippen molar-refractivity contribution in [1.82, 2.24) is 5.16 Å². The molecule has 2 aromatic carbocycles. The van der Waals surface area contributed by atoms with Crippen LogP contribution in [-0.4, -0.2) is 43.6 Å². The Morgan fingerprint density at radius 3 is 2.43 bits per heavy atom. The van der Waals surface area contributed by atoms with Gasteiger partial charge in [-0.1, -0.05) is 5.16 Å². The van der Waals surface area contributed by atoms with E-state index in [-0.39, 0.29) is 28.6 Å². The maximum Gasteiger partial charge on any atom is 0.257 e. The standard InChI is InChI=1S/C20H20N2O7S/c1-13(12-23)28-16-9-14(20(24)21-19-7-8-27-22-19)10-17(11-16)29-15-3-5-18(6-4-15)30(2,25)26/h3-11,13,23H,12H2,1-2H3,(H,21,22,24). The molecular weight excluding hydrogens is 412 g/mol. The summed E-state index contributed by atoms with van der Waals surface area (Å²) in [5.74, 6) is 0.747. The molecular formula is C20H20N2O7S. The van der Waals surface area contributed by atoms with Crippen molar-refractivity contribution < 1.29 is 32.3 Å². The second-order valence-corrected chi connectivity index (χ2v) is 8.50. The van der Waals surface area contributed by atoms with Crippen LogP contribution in [0.5, 0.6) is 17.2 Å². The van der Waals surface area contributed by atoms with Gasteiger partial charge in [0.05, 0.1) is 11.5 Å². The molecule has 0 bridgehead atoms. The van der Waals surface area contributed by atoms with Crippen LogP contribution in [0.25, 0.3) is 0 Å². The van der Waals surface area contributed by atoms with Crippen LogP contribution in [0.3, 0.4) is 0 Å². The highest BCUT2D eigenvalue weighted by Gasteiger charge is 2.14. The lowest BCUT2D eigenvalue weighted by Gasteiger charge is -2.15. The second kappa shape index (κ2) is 8.97. The number of aliphatic hydroxyl groups is 1. The molecule has 1 atom stereocenters. The molecule has 0 saturated carbocycles. The Bertz CT molecular complexity index is 1110. The zero-order chi connectivity index (χ0) is 21.7. The first-order valence-electron chi connectivity index (χ1n) is 8.87. The minimum Gasteiger partial charge on any atom is -0.488 e. The molecule has 9 nitrogen and oxygen atoms in total. The molecule has 0 saturated heterocycles. The van der Waals surface area contributed by atoms with Crippen LogP contribution >= 0.6 is 0 Å². The average molecular weight is 432 g/mol. The van der Waals surface area contributed by atoms with Gasteiger partial charge in [-0.2, -0.15) is 0 Å². The van der Waals surface area contributed by atoms with Crippen molar-refractivity contribution in [2.24, 2.45) is 0 Å². The minimum absolute atomic E-state index is 0.163. The van der Waals surface area contributed by atoms with Crippen molar-refractivity contribution >= 4 is 21.6 Å². The van der Waals surface area contributed by atoms with E-state index in [1.165, 1.54) is 48.7 Å². The Morgan fingerprint density at radius 1 is 1.13 bits per heavy atom. The summed E-state index contributed by atoms with van der Waals surface area (Å²) < 4.78 is 39.3. The second-order valence-electron chi connectivity index (χ2n) is 6.49. The Hall–Kier alpha value is -3.37. The van der Waals surface area contributed by atoms with Gasteiger partial charge in [0.2, 0.25) is 0 Å². The van der Waals surface area contributed by atoms with Crippen LogP contribution in [-0.2, 0) is 9.84 Å². The number of hydrogen-bond donors (Lipinski definition) is 2. The Morgan fingerprint density at radius 2 is 1.83 bits per heavy atom. The normalized spacial score (nSPS) is 12.2. The third-order valence-electron chi connectivity index (χ3n) is 3.90. The molecule has 1 aromatic heterocycles. The summed E-state index contributed by atoms with van der Waals surface area (Å²) in [6.45, 7) is 1.46. The Balaban J connectivity index is 1.88. The molecule has 1 amide bonds. The van der Waals surface area contributed by atoms with E-state index < -0.39 is 21.8 Å². The summed E-state index contributed by atoms with van der Waals surface area (Å²) in [4.78, 5) is 12.7. The SMILES string of the molecule is CC(CO)Oc1cc(Oc2ccc(S(C)(=O)=O)cc2)cc(C(=O)Nc2ccon2)c1. The number of ether oxygens (including phenoxy) is 2. The van der Waals surface area contributed by atoms with Crippen molar-refractivity contribution in [2.45, 2.75) is 17.9 Å². The quantitative estimate of drug-likeness (QED) is 0.556. The summed E-state index contributed by atoms with van der Waals surface area (Å²) >= 11 is 0. The molecule has 0 aliphatic carbocycles. The van der Waals surface area contributed by atoms with Gasteiger partial charge >= 0.3 is 0 Å². The highest BCUT2D eigenvalue weighted by Crippen LogP contribution is 2.29. The van der Waals surface area contributed by atoms with Crippen LogP contribution in [0.15, 0.2) is 64.2 Å². The van der Waals surface area contributed by atoms with Crippen LogP contribution in [0.2, 0.25) is 0 Å². The van der Waals surface area contributed by atoms with E-state index in [4.69, 9.17) is 14.0 Å². The van der Waals surface area contributed by atoms with Gasteiger partial charge in [0.15, 0.2) is 15.7 Å². The zero-order valence-electron chi connectivity index (χ0n) is 16.2. The van der Waals surface area contributed by atoms with Crippen molar-refractivity contribution in [3.05, 3.63) is 60.4 Å². The number of amides is 1. The van der Waals surface area contributed by atoms with Crippen LogP contribution < -0.4 is 14.8 Å². The number of aliphatic hydroxyl groups excluding tert-OH is 1. The predicted molar refractivity (Wildman–Crippen MR) is 108 cm³/mol. The van der Waals surface area contributed by atoms with E-state index in [0.717, 1.165) is 6.26 Å². The van der Waals surface area contributed by atoms with Crippen LogP contribution in [0.1, 0.15) is 17.3 Å². The predicted octanol–water partition coefficient (Wildman–Crippen LogP) is 2.88. The monoisotopic (exact) mass is 432 g/mol. The summed E-state index contributed by atoms with van der Waals surface area (Å²) in [7, 11) is -3.32. The van der Waals surface area contributed by atoms with Crippen molar-refractivity contribution in [3.63, 3.8) is 0 Å². The molecule has 30 heavy (non-hydrogen) atoms. The first-order chi connectivity index (χ1) is 14.2. The van der Waals surface area contributed by atoms with E-state index in [0.29, 0.717) is 11.5 Å². The molecule has 1 heterocycles. The average Bonchev–Trinajstić information content (AvgIpc) is 3.20. The van der Waals surface area contributed by atoms with Gasteiger partial charge in [-0.3, -0.25) is 4.79 Å². The number of anilines is 1. The van der Waals surface area contributed by atoms with Gasteiger partial charge < -0.3 is 24.4 Å². The largest absolute Gasteiger partial charge is 0.488 e. The number of nitrogens with one attached hydrogen (secondary N) is 1. The molecule has 3 rings (SSSR count). The summed E-state index contributed by atoms with van der Waals surface area (Å²) in [5.41, 5.74) is 0.225. The molecule has 158 valence electrons. The van der Waals surface area contributed by atoms with Crippen LogP contribution in [0, 0.1) is 0 Å². The first-order valence-corrected chi connectivity index (χ1v) is 10.8. The molecule has 0 aliphatic rings. The number of carbonyl (C=O) groups excluding carboxylic acids is 1. The third kappa shape index (κ3) is 5.58. The first kappa shape index (κ1) is 21.3. The van der Waals surface area contributed by atoms with Gasteiger partial charge in [0.1, 0.15) is 29.6 Å². The van der Waals surface area contributed by atoms with Crippen molar-refractivity contribution in [3.8, 4) is 17.2 Å². The molecule has 0 radical (unpaired) electrons. The fourth-order valence-corrected chi connectivity index (χ4v) is 3.09. The molecule has 0 aliphatic heterocycles. The lowest BCUT2D eigenvalue weighted by atomic mass is 10.2. The van der Waals surface area contributed by atoms with E-state index in [9.17, 15) is 18.3 Å². The number of carbonyl (C=O) groups is 1. The smallest absolute Gasteiger partial charge is 0.257 e. The summed E-state index contributed by atoms with van der Waals surface area (Å²) in [5, 5.41) is 15.4. The maximum absolute atomic E-state index is 12.6. The van der Waals surface area contributed by atoms with Gasteiger partial charge in [-0.05, 0) is 43.3 Å². The molecule has 2 N–H and O–H groups in total. The minimum atomic E-state index is -3.32. The number of nitrogens with zero attached hydrogens (tertiary/aromatic N) is 1. The fourth-order valence-electron chi connectivity index (χ4n) is 2.46. The molecule has 3 aromatic rings. The lowest BCUT2D eigenvalue weighted by molar-refractivity contribution is 0.102. The molecule has 1 unspecified atom stereocenters. The summed E-state index contributed by atoms with van der Waals surface area (Å²) in [6, 6.07) is 11.9. The number of hydrogen-bond acceptors (Lipinski definition) is 8. The molecule has 0 fully saturated rings. The highest BCUT2D eigenvalue weighted by molar-refractivity contribution is 7.90. The molecule has 0 spiro atoms. The number of rotatable bonds is 8. The van der Waals surface area contributed by atoms with Gasteiger partial charge in [-0.15, -0.1) is 0 Å². The topological polar surface area (TPSA) is 128 Å². The highest BCUT2D eigenvalue weighted by atomic mass is 32.2. The number of benzene rings is 2. The van der Waals surface area contributed by atoms with E-state index >= 15 is 0 Å². The van der Waals surface area contributed by atoms with Crippen molar-refractivity contribution in [1.29, 1.82) is 0 Å². The summed E-state index contributed by atoms with van der Waals surface area (Å²) in [6.07, 6.45) is 1.94.